The maximum absolute atomic E-state index is 12.3. The molecule has 1 aliphatic rings. The monoisotopic (exact) mass is 247 g/mol. The molecule has 0 radical (unpaired) electrons. The summed E-state index contributed by atoms with van der Waals surface area (Å²) < 4.78 is 1.68. The molecule has 2 N–H and O–H groups in total. The lowest BCUT2D eigenvalue weighted by Gasteiger charge is -2.14. The van der Waals surface area contributed by atoms with E-state index in [1.165, 1.54) is 19.3 Å². The van der Waals surface area contributed by atoms with E-state index in [1.54, 1.807) is 10.9 Å². The fourth-order valence-electron chi connectivity index (χ4n) is 2.37. The third-order valence-corrected chi connectivity index (χ3v) is 3.47. The molecule has 0 fully saturated rings. The Hall–Kier alpha value is -1.42. The van der Waals surface area contributed by atoms with E-state index in [0.717, 1.165) is 30.4 Å². The SMILES string of the molecule is Cn1cc(C(N)C(=O)/C2=C/CCCCCC2)cn1. The van der Waals surface area contributed by atoms with Crippen LogP contribution in [-0.2, 0) is 11.8 Å². The fourth-order valence-corrected chi connectivity index (χ4v) is 2.37. The summed E-state index contributed by atoms with van der Waals surface area (Å²) in [6, 6.07) is -0.565. The van der Waals surface area contributed by atoms with Crippen molar-refractivity contribution in [2.24, 2.45) is 12.8 Å². The molecule has 1 aromatic rings. The first-order chi connectivity index (χ1) is 8.68. The predicted octanol–water partition coefficient (Wildman–Crippen LogP) is 2.27. The highest BCUT2D eigenvalue weighted by atomic mass is 16.1. The van der Waals surface area contributed by atoms with Crippen molar-refractivity contribution in [1.82, 2.24) is 9.78 Å². The largest absolute Gasteiger partial charge is 0.317 e. The summed E-state index contributed by atoms with van der Waals surface area (Å²) in [5.41, 5.74) is 7.73. The highest BCUT2D eigenvalue weighted by Gasteiger charge is 2.21. The Morgan fingerprint density at radius 2 is 2.17 bits per heavy atom. The van der Waals surface area contributed by atoms with Gasteiger partial charge in [-0.1, -0.05) is 18.9 Å². The van der Waals surface area contributed by atoms with Gasteiger partial charge in [-0.05, 0) is 31.3 Å². The van der Waals surface area contributed by atoms with Crippen molar-refractivity contribution in [3.05, 3.63) is 29.6 Å². The molecule has 0 saturated carbocycles. The van der Waals surface area contributed by atoms with Crippen molar-refractivity contribution in [3.63, 3.8) is 0 Å². The maximum Gasteiger partial charge on any atom is 0.179 e. The van der Waals surface area contributed by atoms with Crippen LogP contribution >= 0.6 is 0 Å². The Morgan fingerprint density at radius 1 is 1.39 bits per heavy atom. The van der Waals surface area contributed by atoms with E-state index >= 15 is 0 Å². The molecule has 1 atom stereocenters. The van der Waals surface area contributed by atoms with Gasteiger partial charge in [0, 0.05) is 18.8 Å². The van der Waals surface area contributed by atoms with Gasteiger partial charge in [-0.2, -0.15) is 5.10 Å². The second-order valence-corrected chi connectivity index (χ2v) is 4.97. The van der Waals surface area contributed by atoms with Gasteiger partial charge < -0.3 is 5.73 Å². The average Bonchev–Trinajstić information content (AvgIpc) is 2.74. The number of allylic oxidation sites excluding steroid dienone is 1. The topological polar surface area (TPSA) is 60.9 Å². The quantitative estimate of drug-likeness (QED) is 0.891. The van der Waals surface area contributed by atoms with E-state index in [-0.39, 0.29) is 5.78 Å². The Bertz CT molecular complexity index is 448. The minimum atomic E-state index is -0.565. The van der Waals surface area contributed by atoms with Gasteiger partial charge in [0.2, 0.25) is 0 Å². The van der Waals surface area contributed by atoms with Crippen LogP contribution in [0.25, 0.3) is 0 Å². The lowest BCUT2D eigenvalue weighted by Crippen LogP contribution is -2.23. The molecule has 4 nitrogen and oxygen atoms in total. The van der Waals surface area contributed by atoms with Gasteiger partial charge in [0.25, 0.3) is 0 Å². The minimum absolute atomic E-state index is 0.0601. The van der Waals surface area contributed by atoms with Gasteiger partial charge in [0.05, 0.1) is 12.2 Å². The number of hydrogen-bond donors (Lipinski definition) is 1. The van der Waals surface area contributed by atoms with Crippen LogP contribution < -0.4 is 5.73 Å². The molecule has 4 heteroatoms. The summed E-state index contributed by atoms with van der Waals surface area (Å²) in [6.07, 6.45) is 12.2. The second kappa shape index (κ2) is 5.96. The van der Waals surface area contributed by atoms with Gasteiger partial charge in [-0.15, -0.1) is 0 Å². The first kappa shape index (κ1) is 13.0. The smallest absolute Gasteiger partial charge is 0.179 e. The first-order valence-electron chi connectivity index (χ1n) is 6.66. The van der Waals surface area contributed by atoms with E-state index in [1.807, 2.05) is 13.2 Å². The van der Waals surface area contributed by atoms with Crippen molar-refractivity contribution in [2.45, 2.75) is 44.6 Å². The van der Waals surface area contributed by atoms with Gasteiger partial charge in [-0.3, -0.25) is 9.48 Å². The molecule has 0 aliphatic heterocycles. The van der Waals surface area contributed by atoms with E-state index < -0.39 is 6.04 Å². The Morgan fingerprint density at radius 3 is 2.89 bits per heavy atom. The van der Waals surface area contributed by atoms with E-state index in [4.69, 9.17) is 5.73 Å². The summed E-state index contributed by atoms with van der Waals surface area (Å²) in [6.45, 7) is 0. The Kier molecular flexibility index (Phi) is 4.31. The number of rotatable bonds is 3. The molecule has 1 aliphatic carbocycles. The summed E-state index contributed by atoms with van der Waals surface area (Å²) in [5, 5.41) is 4.06. The van der Waals surface area contributed by atoms with E-state index in [9.17, 15) is 4.79 Å². The molecule has 18 heavy (non-hydrogen) atoms. The number of carbonyl (C=O) groups excluding carboxylic acids is 1. The molecule has 2 rings (SSSR count). The summed E-state index contributed by atoms with van der Waals surface area (Å²) in [5.74, 6) is 0.0601. The van der Waals surface area contributed by atoms with Crippen molar-refractivity contribution in [1.29, 1.82) is 0 Å². The first-order valence-corrected chi connectivity index (χ1v) is 6.66. The average molecular weight is 247 g/mol. The maximum atomic E-state index is 12.3. The summed E-state index contributed by atoms with van der Waals surface area (Å²) in [7, 11) is 1.83. The number of nitrogens with zero attached hydrogens (tertiary/aromatic N) is 2. The number of Topliss-reactive ketones (excluding diaryl/α,β-unsaturated/α-hetero) is 1. The van der Waals surface area contributed by atoms with Crippen LogP contribution in [0.1, 0.15) is 50.1 Å². The van der Waals surface area contributed by atoms with Crippen LogP contribution in [0.15, 0.2) is 24.0 Å². The number of aryl methyl sites for hydroxylation is 1. The number of nitrogens with two attached hydrogens (primary N) is 1. The molecule has 0 spiro atoms. The molecule has 0 saturated heterocycles. The molecule has 1 unspecified atom stereocenters. The predicted molar refractivity (Wildman–Crippen MR) is 70.9 cm³/mol. The number of carbonyl (C=O) groups is 1. The third-order valence-electron chi connectivity index (χ3n) is 3.47. The zero-order valence-corrected chi connectivity index (χ0v) is 10.9. The van der Waals surface area contributed by atoms with Crippen molar-refractivity contribution in [2.75, 3.05) is 0 Å². The molecule has 0 bridgehead atoms. The molecular weight excluding hydrogens is 226 g/mol. The van der Waals surface area contributed by atoms with Crippen LogP contribution in [0, 0.1) is 0 Å². The number of aromatic nitrogens is 2. The Labute approximate surface area is 108 Å². The molecule has 0 aromatic carbocycles. The van der Waals surface area contributed by atoms with Crippen LogP contribution in [0.5, 0.6) is 0 Å². The molecule has 1 aromatic heterocycles. The van der Waals surface area contributed by atoms with Gasteiger partial charge in [0.15, 0.2) is 5.78 Å². The Balaban J connectivity index is 2.09. The molecule has 98 valence electrons. The van der Waals surface area contributed by atoms with Crippen LogP contribution in [0.3, 0.4) is 0 Å². The zero-order valence-electron chi connectivity index (χ0n) is 10.9. The fraction of sp³-hybridized carbons (Fsp3) is 0.571. The molecule has 1 heterocycles. The highest BCUT2D eigenvalue weighted by Crippen LogP contribution is 2.22. The normalized spacial score (nSPS) is 21.6. The third kappa shape index (κ3) is 3.07. The van der Waals surface area contributed by atoms with Crippen molar-refractivity contribution in [3.8, 4) is 0 Å². The number of ketones is 1. The zero-order chi connectivity index (χ0) is 13.0. The standard InChI is InChI=1S/C14H21N3O/c1-17-10-12(9-16-17)13(15)14(18)11-7-5-3-2-4-6-8-11/h7,9-10,13H,2-6,8,15H2,1H3/b11-7+. The van der Waals surface area contributed by atoms with Crippen molar-refractivity contribution >= 4 is 5.78 Å². The van der Waals surface area contributed by atoms with Gasteiger partial charge >= 0.3 is 0 Å². The van der Waals surface area contributed by atoms with Crippen LogP contribution in [-0.4, -0.2) is 15.6 Å². The van der Waals surface area contributed by atoms with E-state index in [2.05, 4.69) is 11.2 Å². The minimum Gasteiger partial charge on any atom is -0.317 e. The van der Waals surface area contributed by atoms with E-state index in [0.29, 0.717) is 0 Å². The van der Waals surface area contributed by atoms with Crippen LogP contribution in [0.4, 0.5) is 0 Å². The summed E-state index contributed by atoms with van der Waals surface area (Å²) >= 11 is 0. The van der Waals surface area contributed by atoms with Crippen LogP contribution in [0.2, 0.25) is 0 Å². The van der Waals surface area contributed by atoms with Crippen molar-refractivity contribution < 1.29 is 4.79 Å². The summed E-state index contributed by atoms with van der Waals surface area (Å²) in [4.78, 5) is 12.3. The van der Waals surface area contributed by atoms with Gasteiger partial charge in [0.1, 0.15) is 0 Å². The highest BCUT2D eigenvalue weighted by molar-refractivity contribution is 5.99. The van der Waals surface area contributed by atoms with Gasteiger partial charge in [-0.25, -0.2) is 0 Å². The lowest BCUT2D eigenvalue weighted by atomic mass is 9.93. The second-order valence-electron chi connectivity index (χ2n) is 4.97. The molecule has 0 amide bonds. The lowest BCUT2D eigenvalue weighted by molar-refractivity contribution is -0.117. The molecular formula is C14H21N3O. The number of hydrogen-bond acceptors (Lipinski definition) is 3.